The van der Waals surface area contributed by atoms with Gasteiger partial charge in [0.25, 0.3) is 0 Å². The molecular formula is C12H27NO. The van der Waals surface area contributed by atoms with Crippen LogP contribution in [0.25, 0.3) is 0 Å². The molecule has 2 heteroatoms. The predicted molar refractivity (Wildman–Crippen MR) is 62.3 cm³/mol. The summed E-state index contributed by atoms with van der Waals surface area (Å²) in [6, 6.07) is 0. The maximum Gasteiger partial charge on any atom is 0.0512 e. The molecule has 1 atom stereocenters. The van der Waals surface area contributed by atoms with Crippen molar-refractivity contribution in [2.45, 2.75) is 70.8 Å². The molecule has 14 heavy (non-hydrogen) atoms. The number of hydrogen-bond donors (Lipinski definition) is 2. The zero-order chi connectivity index (χ0) is 10.6. The van der Waals surface area contributed by atoms with Crippen LogP contribution in [-0.4, -0.2) is 17.8 Å². The van der Waals surface area contributed by atoms with Gasteiger partial charge in [0.05, 0.1) is 6.10 Å². The summed E-state index contributed by atoms with van der Waals surface area (Å²) in [4.78, 5) is 0. The van der Waals surface area contributed by atoms with Crippen LogP contribution in [0.2, 0.25) is 0 Å². The Balaban J connectivity index is 2.85. The highest BCUT2D eigenvalue weighted by atomic mass is 16.3. The van der Waals surface area contributed by atoms with E-state index >= 15 is 0 Å². The molecule has 0 aromatic rings. The molecule has 0 aliphatic rings. The van der Waals surface area contributed by atoms with Gasteiger partial charge in [0, 0.05) is 0 Å². The Hall–Kier alpha value is -0.0800. The predicted octanol–water partition coefficient (Wildman–Crippen LogP) is 2.84. The van der Waals surface area contributed by atoms with E-state index in [-0.39, 0.29) is 6.10 Å². The Labute approximate surface area is 88.9 Å². The lowest BCUT2D eigenvalue weighted by atomic mass is 10.1. The maximum atomic E-state index is 9.04. The first-order chi connectivity index (χ1) is 6.77. The molecule has 0 aliphatic heterocycles. The normalized spacial score (nSPS) is 13.1. The second-order valence-electron chi connectivity index (χ2n) is 4.25. The zero-order valence-corrected chi connectivity index (χ0v) is 9.67. The van der Waals surface area contributed by atoms with Gasteiger partial charge in [-0.2, -0.15) is 0 Å². The van der Waals surface area contributed by atoms with Gasteiger partial charge in [-0.3, -0.25) is 0 Å². The van der Waals surface area contributed by atoms with E-state index < -0.39 is 0 Å². The van der Waals surface area contributed by atoms with Crippen molar-refractivity contribution in [3.05, 3.63) is 0 Å². The van der Waals surface area contributed by atoms with Gasteiger partial charge in [-0.25, -0.2) is 0 Å². The smallest absolute Gasteiger partial charge is 0.0512 e. The number of aliphatic hydroxyl groups is 1. The minimum Gasteiger partial charge on any atom is -0.393 e. The topological polar surface area (TPSA) is 46.2 Å². The monoisotopic (exact) mass is 201 g/mol. The van der Waals surface area contributed by atoms with E-state index in [9.17, 15) is 0 Å². The number of rotatable bonds is 10. The van der Waals surface area contributed by atoms with E-state index in [0.29, 0.717) is 0 Å². The summed E-state index contributed by atoms with van der Waals surface area (Å²) >= 11 is 0. The molecule has 0 saturated heterocycles. The van der Waals surface area contributed by atoms with Crippen LogP contribution < -0.4 is 5.73 Å². The summed E-state index contributed by atoms with van der Waals surface area (Å²) < 4.78 is 0. The molecule has 0 aromatic carbocycles. The SMILES string of the molecule is CC(O)CCCCCCCCCCN. The third-order valence-electron chi connectivity index (χ3n) is 2.58. The van der Waals surface area contributed by atoms with Gasteiger partial charge in [0.15, 0.2) is 0 Å². The third-order valence-corrected chi connectivity index (χ3v) is 2.58. The van der Waals surface area contributed by atoms with Crippen LogP contribution in [0.1, 0.15) is 64.7 Å². The van der Waals surface area contributed by atoms with Crippen LogP contribution in [0.4, 0.5) is 0 Å². The number of hydrogen-bond acceptors (Lipinski definition) is 2. The molecule has 86 valence electrons. The quantitative estimate of drug-likeness (QED) is 0.534. The van der Waals surface area contributed by atoms with E-state index in [1.807, 2.05) is 6.92 Å². The Kier molecular flexibility index (Phi) is 10.9. The Morgan fingerprint density at radius 2 is 1.29 bits per heavy atom. The fraction of sp³-hybridized carbons (Fsp3) is 1.00. The minimum absolute atomic E-state index is 0.112. The van der Waals surface area contributed by atoms with Crippen LogP contribution in [0.15, 0.2) is 0 Å². The van der Waals surface area contributed by atoms with Crippen LogP contribution in [-0.2, 0) is 0 Å². The molecule has 2 nitrogen and oxygen atoms in total. The first kappa shape index (κ1) is 13.9. The third kappa shape index (κ3) is 11.9. The Morgan fingerprint density at radius 1 is 0.857 bits per heavy atom. The van der Waals surface area contributed by atoms with Crippen molar-refractivity contribution in [1.82, 2.24) is 0 Å². The lowest BCUT2D eigenvalue weighted by Crippen LogP contribution is -1.98. The number of aliphatic hydroxyl groups excluding tert-OH is 1. The second kappa shape index (κ2) is 11.0. The summed E-state index contributed by atoms with van der Waals surface area (Å²) in [5.41, 5.74) is 5.41. The van der Waals surface area contributed by atoms with E-state index in [1.54, 1.807) is 0 Å². The van der Waals surface area contributed by atoms with Gasteiger partial charge in [0.2, 0.25) is 0 Å². The van der Waals surface area contributed by atoms with Crippen molar-refractivity contribution in [3.63, 3.8) is 0 Å². The van der Waals surface area contributed by atoms with Crippen molar-refractivity contribution < 1.29 is 5.11 Å². The van der Waals surface area contributed by atoms with Crippen molar-refractivity contribution >= 4 is 0 Å². The first-order valence-electron chi connectivity index (χ1n) is 6.15. The zero-order valence-electron chi connectivity index (χ0n) is 9.67. The van der Waals surface area contributed by atoms with Gasteiger partial charge in [0.1, 0.15) is 0 Å². The molecule has 0 bridgehead atoms. The largest absolute Gasteiger partial charge is 0.393 e. The number of nitrogens with two attached hydrogens (primary N) is 1. The first-order valence-corrected chi connectivity index (χ1v) is 6.15. The van der Waals surface area contributed by atoms with E-state index in [1.165, 1.54) is 51.4 Å². The van der Waals surface area contributed by atoms with E-state index in [0.717, 1.165) is 13.0 Å². The summed E-state index contributed by atoms with van der Waals surface area (Å²) in [7, 11) is 0. The summed E-state index contributed by atoms with van der Waals surface area (Å²) in [5, 5.41) is 9.04. The van der Waals surface area contributed by atoms with E-state index in [2.05, 4.69) is 0 Å². The number of unbranched alkanes of at least 4 members (excludes halogenated alkanes) is 7. The Morgan fingerprint density at radius 3 is 1.71 bits per heavy atom. The molecule has 0 amide bonds. The van der Waals surface area contributed by atoms with Gasteiger partial charge in [-0.05, 0) is 26.3 Å². The van der Waals surface area contributed by atoms with Crippen LogP contribution >= 0.6 is 0 Å². The van der Waals surface area contributed by atoms with E-state index in [4.69, 9.17) is 10.8 Å². The molecule has 1 unspecified atom stereocenters. The molecule has 0 aromatic heterocycles. The summed E-state index contributed by atoms with van der Waals surface area (Å²) in [6.45, 7) is 2.71. The van der Waals surface area contributed by atoms with Gasteiger partial charge in [-0.15, -0.1) is 0 Å². The van der Waals surface area contributed by atoms with Crippen molar-refractivity contribution in [3.8, 4) is 0 Å². The molecule has 0 radical (unpaired) electrons. The van der Waals surface area contributed by atoms with Gasteiger partial charge < -0.3 is 10.8 Å². The highest BCUT2D eigenvalue weighted by molar-refractivity contribution is 4.50. The molecule has 0 rings (SSSR count). The second-order valence-corrected chi connectivity index (χ2v) is 4.25. The highest BCUT2D eigenvalue weighted by Gasteiger charge is 1.95. The molecule has 0 saturated carbocycles. The van der Waals surface area contributed by atoms with Crippen LogP contribution in [0.3, 0.4) is 0 Å². The molecule has 0 fully saturated rings. The fourth-order valence-corrected chi connectivity index (χ4v) is 1.64. The average molecular weight is 201 g/mol. The minimum atomic E-state index is -0.112. The molecule has 0 heterocycles. The van der Waals surface area contributed by atoms with Crippen LogP contribution in [0.5, 0.6) is 0 Å². The summed E-state index contributed by atoms with van der Waals surface area (Å²) in [5.74, 6) is 0. The average Bonchev–Trinajstić information content (AvgIpc) is 2.15. The van der Waals surface area contributed by atoms with Gasteiger partial charge >= 0.3 is 0 Å². The molecule has 0 spiro atoms. The van der Waals surface area contributed by atoms with Gasteiger partial charge in [-0.1, -0.05) is 44.9 Å². The van der Waals surface area contributed by atoms with Crippen molar-refractivity contribution in [2.75, 3.05) is 6.54 Å². The fourth-order valence-electron chi connectivity index (χ4n) is 1.64. The standard InChI is InChI=1S/C12H27NO/c1-12(14)10-8-6-4-2-3-5-7-9-11-13/h12,14H,2-11,13H2,1H3. The maximum absolute atomic E-state index is 9.04. The molecular weight excluding hydrogens is 174 g/mol. The van der Waals surface area contributed by atoms with Crippen LogP contribution in [0, 0.1) is 0 Å². The lowest BCUT2D eigenvalue weighted by Gasteiger charge is -2.03. The summed E-state index contributed by atoms with van der Waals surface area (Å²) in [6.07, 6.45) is 11.2. The Bertz CT molecular complexity index is 104. The molecule has 0 aliphatic carbocycles. The highest BCUT2D eigenvalue weighted by Crippen LogP contribution is 2.10. The van der Waals surface area contributed by atoms with Crippen molar-refractivity contribution in [1.29, 1.82) is 0 Å². The molecule has 3 N–H and O–H groups in total. The lowest BCUT2D eigenvalue weighted by molar-refractivity contribution is 0.180. The van der Waals surface area contributed by atoms with Crippen molar-refractivity contribution in [2.24, 2.45) is 5.73 Å².